The van der Waals surface area contributed by atoms with Crippen molar-refractivity contribution in [3.63, 3.8) is 0 Å². The summed E-state index contributed by atoms with van der Waals surface area (Å²) < 4.78 is 0. The van der Waals surface area contributed by atoms with Crippen LogP contribution in [0.2, 0.25) is 16.6 Å². The minimum Gasteiger partial charge on any atom is -0.383 e. The number of nitrogens with zero attached hydrogens (tertiary/aromatic N) is 5. The summed E-state index contributed by atoms with van der Waals surface area (Å²) in [6.07, 6.45) is 10.1. The van der Waals surface area contributed by atoms with Crippen molar-refractivity contribution in [3.05, 3.63) is 36.0 Å². The van der Waals surface area contributed by atoms with Crippen LogP contribution in [0.3, 0.4) is 0 Å². The molecule has 3 heterocycles. The number of rotatable bonds is 11. The number of fused-ring (bicyclic) bond motifs is 1. The van der Waals surface area contributed by atoms with Gasteiger partial charge in [-0.15, -0.1) is 5.54 Å². The summed E-state index contributed by atoms with van der Waals surface area (Å²) >= 11 is 0. The molecule has 2 aromatic heterocycles. The van der Waals surface area contributed by atoms with Gasteiger partial charge >= 0.3 is 6.03 Å². The summed E-state index contributed by atoms with van der Waals surface area (Å²) in [5, 5.41) is 14.1. The smallest absolute Gasteiger partial charge is 0.320 e. The molecule has 10 nitrogen and oxygen atoms in total. The number of anilines is 5. The summed E-state index contributed by atoms with van der Waals surface area (Å²) in [5.74, 6) is 5.23. The number of carbonyl (C=O) groups is 1. The predicted molar refractivity (Wildman–Crippen MR) is 215 cm³/mol. The van der Waals surface area contributed by atoms with E-state index < -0.39 is 8.07 Å². The summed E-state index contributed by atoms with van der Waals surface area (Å²) in [4.78, 5) is 32.4. The number of piperazine rings is 1. The van der Waals surface area contributed by atoms with Crippen LogP contribution in [0.25, 0.3) is 11.0 Å². The van der Waals surface area contributed by atoms with E-state index in [2.05, 4.69) is 109 Å². The average molecular weight is 710 g/mol. The Kier molecular flexibility index (Phi) is 11.7. The molecule has 1 aliphatic heterocycles. The van der Waals surface area contributed by atoms with Crippen LogP contribution in [0.1, 0.15) is 92.1 Å². The molecule has 51 heavy (non-hydrogen) atoms. The third-order valence-electron chi connectivity index (χ3n) is 11.7. The van der Waals surface area contributed by atoms with Gasteiger partial charge in [-0.25, -0.2) is 14.8 Å². The molecule has 0 bridgehead atoms. The average Bonchev–Trinajstić information content (AvgIpc) is 3.57. The van der Waals surface area contributed by atoms with Gasteiger partial charge in [0.1, 0.15) is 13.9 Å². The maximum absolute atomic E-state index is 13.1. The molecule has 6 rings (SSSR count). The molecule has 0 unspecified atom stereocenters. The Morgan fingerprint density at radius 2 is 1.63 bits per heavy atom. The number of amides is 2. The SMILES string of the molecule is CC(C)[Si](C#Cc1cc(NC(=O)NC2CCCC2)nc2nc(Nc3ccc(N4CCN(C)CC4)c(NCC4CCC4)c3)ncc12)(C(C)C)C(C)C. The largest absolute Gasteiger partial charge is 0.383 e. The molecule has 1 aromatic carbocycles. The predicted octanol–water partition coefficient (Wildman–Crippen LogP) is 8.37. The first kappa shape index (κ1) is 36.9. The third kappa shape index (κ3) is 8.61. The Morgan fingerprint density at radius 1 is 0.922 bits per heavy atom. The first-order chi connectivity index (χ1) is 24.5. The highest BCUT2D eigenvalue weighted by molar-refractivity contribution is 6.90. The van der Waals surface area contributed by atoms with Crippen LogP contribution in [0.5, 0.6) is 0 Å². The van der Waals surface area contributed by atoms with Crippen LogP contribution < -0.4 is 26.2 Å². The van der Waals surface area contributed by atoms with Crippen LogP contribution >= 0.6 is 0 Å². The van der Waals surface area contributed by atoms with Crippen molar-refractivity contribution in [2.45, 2.75) is 109 Å². The highest BCUT2D eigenvalue weighted by Crippen LogP contribution is 2.41. The highest BCUT2D eigenvalue weighted by atomic mass is 28.3. The summed E-state index contributed by atoms with van der Waals surface area (Å²) in [5.41, 5.74) is 9.92. The Hall–Kier alpha value is -3.88. The van der Waals surface area contributed by atoms with Crippen molar-refractivity contribution in [1.82, 2.24) is 25.2 Å². The highest BCUT2D eigenvalue weighted by Gasteiger charge is 2.41. The Morgan fingerprint density at radius 3 is 2.27 bits per heavy atom. The number of aromatic nitrogens is 3. The van der Waals surface area contributed by atoms with E-state index in [4.69, 9.17) is 15.0 Å². The van der Waals surface area contributed by atoms with E-state index in [0.29, 0.717) is 34.0 Å². The number of nitrogens with one attached hydrogen (secondary N) is 4. The number of hydrogen-bond acceptors (Lipinski definition) is 8. The molecule has 2 amide bonds. The van der Waals surface area contributed by atoms with Gasteiger partial charge in [-0.3, -0.25) is 5.32 Å². The van der Waals surface area contributed by atoms with Crippen molar-refractivity contribution in [2.24, 2.45) is 5.92 Å². The molecule has 0 atom stereocenters. The lowest BCUT2D eigenvalue weighted by Crippen LogP contribution is -2.44. The molecular weight excluding hydrogens is 651 g/mol. The molecule has 3 fully saturated rings. The second kappa shape index (κ2) is 16.2. The lowest BCUT2D eigenvalue weighted by Gasteiger charge is -2.38. The van der Waals surface area contributed by atoms with E-state index in [0.717, 1.165) is 86.6 Å². The summed E-state index contributed by atoms with van der Waals surface area (Å²) in [7, 11) is 0.171. The second-order valence-corrected chi connectivity index (χ2v) is 21.6. The van der Waals surface area contributed by atoms with E-state index >= 15 is 0 Å². The van der Waals surface area contributed by atoms with Gasteiger partial charge in [-0.2, -0.15) is 4.98 Å². The molecule has 2 aliphatic carbocycles. The minimum absolute atomic E-state index is 0.202. The molecule has 3 aromatic rings. The van der Waals surface area contributed by atoms with Gasteiger partial charge in [-0.1, -0.05) is 66.7 Å². The van der Waals surface area contributed by atoms with Crippen LogP contribution in [-0.4, -0.2) is 79.8 Å². The van der Waals surface area contributed by atoms with Crippen molar-refractivity contribution in [3.8, 4) is 11.5 Å². The lowest BCUT2D eigenvalue weighted by atomic mass is 9.85. The fourth-order valence-corrected chi connectivity index (χ4v) is 13.6. The quantitative estimate of drug-likeness (QED) is 0.116. The van der Waals surface area contributed by atoms with Gasteiger partial charge in [0.05, 0.1) is 16.8 Å². The second-order valence-electron chi connectivity index (χ2n) is 16.0. The number of urea groups is 1. The normalized spacial score (nSPS) is 17.5. The van der Waals surface area contributed by atoms with Gasteiger partial charge in [-0.05, 0) is 79.5 Å². The van der Waals surface area contributed by atoms with Gasteiger partial charge < -0.3 is 25.8 Å². The van der Waals surface area contributed by atoms with Gasteiger partial charge in [0, 0.05) is 56.2 Å². The summed E-state index contributed by atoms with van der Waals surface area (Å²) in [6.45, 7) is 19.0. The third-order valence-corrected chi connectivity index (χ3v) is 18.0. The molecule has 2 saturated carbocycles. The molecule has 0 spiro atoms. The maximum atomic E-state index is 13.1. The van der Waals surface area contributed by atoms with Crippen molar-refractivity contribution in [2.75, 3.05) is 60.6 Å². The number of hydrogen-bond donors (Lipinski definition) is 4. The molecule has 274 valence electrons. The van der Waals surface area contributed by atoms with Crippen LogP contribution in [0, 0.1) is 17.4 Å². The summed E-state index contributed by atoms with van der Waals surface area (Å²) in [6, 6.07) is 8.36. The van der Waals surface area contributed by atoms with Gasteiger partial charge in [0.2, 0.25) is 5.95 Å². The number of carbonyl (C=O) groups excluding carboxylic acids is 1. The zero-order valence-corrected chi connectivity index (χ0v) is 32.9. The maximum Gasteiger partial charge on any atom is 0.320 e. The zero-order chi connectivity index (χ0) is 36.1. The molecule has 1 saturated heterocycles. The topological polar surface area (TPSA) is 110 Å². The molecule has 3 aliphatic rings. The number of benzene rings is 1. The Labute approximate surface area is 306 Å². The van der Waals surface area contributed by atoms with Crippen LogP contribution in [0.15, 0.2) is 30.5 Å². The van der Waals surface area contributed by atoms with E-state index in [-0.39, 0.29) is 12.1 Å². The van der Waals surface area contributed by atoms with E-state index in [1.807, 2.05) is 12.3 Å². The zero-order valence-electron chi connectivity index (χ0n) is 31.9. The standard InChI is InChI=1S/C40H59N9OSi/c1-27(2)51(28(3)4,29(5)6)22-17-31-23-37(46-40(50)44-32-13-8-9-14-32)45-38-34(31)26-42-39(47-38)43-33-15-16-36(49-20-18-48(7)19-21-49)35(24-33)41-25-30-11-10-12-30/h15-16,23-24,26-30,32,41H,8-14,18-21,25H2,1-7H3,(H3,42,43,44,45,46,47,50). The van der Waals surface area contributed by atoms with Crippen LogP contribution in [-0.2, 0) is 0 Å². The number of likely N-dealkylation sites (N-methyl/N-ethyl adjacent to an activating group) is 1. The first-order valence-electron chi connectivity index (χ1n) is 19.4. The first-order valence-corrected chi connectivity index (χ1v) is 21.6. The molecule has 0 radical (unpaired) electrons. The monoisotopic (exact) mass is 709 g/mol. The van der Waals surface area contributed by atoms with Gasteiger partial charge in [0.15, 0.2) is 5.65 Å². The van der Waals surface area contributed by atoms with Crippen LogP contribution in [0.4, 0.5) is 33.6 Å². The van der Waals surface area contributed by atoms with Crippen molar-refractivity contribution >= 4 is 54.0 Å². The fourth-order valence-electron chi connectivity index (χ4n) is 8.41. The van der Waals surface area contributed by atoms with E-state index in [1.165, 1.54) is 24.9 Å². The molecular formula is C40H59N9OSi. The van der Waals surface area contributed by atoms with Gasteiger partial charge in [0.25, 0.3) is 0 Å². The minimum atomic E-state index is -2.02. The lowest BCUT2D eigenvalue weighted by molar-refractivity contribution is 0.248. The Balaban J connectivity index is 1.32. The number of pyridine rings is 1. The van der Waals surface area contributed by atoms with E-state index in [1.54, 1.807) is 0 Å². The molecule has 11 heteroatoms. The van der Waals surface area contributed by atoms with Crippen molar-refractivity contribution < 1.29 is 4.79 Å². The van der Waals surface area contributed by atoms with E-state index in [9.17, 15) is 4.79 Å². The van der Waals surface area contributed by atoms with Crippen molar-refractivity contribution in [1.29, 1.82) is 0 Å². The fraction of sp³-hybridized carbons (Fsp3) is 0.600. The Bertz CT molecular complexity index is 1710. The molecule has 4 N–H and O–H groups in total.